The Labute approximate surface area is 96.9 Å². The van der Waals surface area contributed by atoms with Crippen LogP contribution in [0.15, 0.2) is 0 Å². The number of amides is 1. The molecule has 0 saturated carbocycles. The highest BCUT2D eigenvalue weighted by Gasteiger charge is 2.30. The minimum Gasteiger partial charge on any atom is -0.368 e. The van der Waals surface area contributed by atoms with Gasteiger partial charge in [-0.3, -0.25) is 9.69 Å². The third-order valence-corrected chi connectivity index (χ3v) is 2.78. The fourth-order valence-corrected chi connectivity index (χ4v) is 2.08. The quantitative estimate of drug-likeness (QED) is 0.640. The zero-order chi connectivity index (χ0) is 12.0. The molecule has 0 aromatic rings. The van der Waals surface area contributed by atoms with E-state index in [0.717, 1.165) is 19.4 Å². The van der Waals surface area contributed by atoms with E-state index in [-0.39, 0.29) is 18.2 Å². The number of hydrogen-bond donors (Lipinski definition) is 1. The summed E-state index contributed by atoms with van der Waals surface area (Å²) in [5.74, 6) is -0.246. The summed E-state index contributed by atoms with van der Waals surface area (Å²) in [6, 6.07) is -0.150. The fourth-order valence-electron chi connectivity index (χ4n) is 2.08. The van der Waals surface area contributed by atoms with Crippen molar-refractivity contribution in [1.82, 2.24) is 4.90 Å². The maximum atomic E-state index is 11.2. The summed E-state index contributed by atoms with van der Waals surface area (Å²) in [5, 5.41) is 0. The van der Waals surface area contributed by atoms with E-state index < -0.39 is 0 Å². The highest BCUT2D eigenvalue weighted by molar-refractivity contribution is 5.80. The van der Waals surface area contributed by atoms with Crippen LogP contribution in [-0.2, 0) is 14.3 Å². The SMILES string of the molecule is CCOC(CN1CCCC1C(N)=O)OCC. The summed E-state index contributed by atoms with van der Waals surface area (Å²) >= 11 is 0. The Morgan fingerprint density at radius 2 is 2.06 bits per heavy atom. The van der Waals surface area contributed by atoms with Crippen molar-refractivity contribution in [2.24, 2.45) is 5.73 Å². The largest absolute Gasteiger partial charge is 0.368 e. The van der Waals surface area contributed by atoms with E-state index in [1.807, 2.05) is 13.8 Å². The van der Waals surface area contributed by atoms with E-state index in [4.69, 9.17) is 15.2 Å². The van der Waals surface area contributed by atoms with Crippen molar-refractivity contribution in [2.75, 3.05) is 26.3 Å². The lowest BCUT2D eigenvalue weighted by atomic mass is 10.2. The first-order valence-electron chi connectivity index (χ1n) is 5.95. The lowest BCUT2D eigenvalue weighted by Crippen LogP contribution is -2.44. The highest BCUT2D eigenvalue weighted by Crippen LogP contribution is 2.17. The molecule has 0 aliphatic carbocycles. The van der Waals surface area contributed by atoms with E-state index >= 15 is 0 Å². The number of likely N-dealkylation sites (tertiary alicyclic amines) is 1. The van der Waals surface area contributed by atoms with Crippen molar-refractivity contribution in [3.63, 3.8) is 0 Å². The molecule has 2 N–H and O–H groups in total. The van der Waals surface area contributed by atoms with Crippen LogP contribution in [0.1, 0.15) is 26.7 Å². The van der Waals surface area contributed by atoms with Gasteiger partial charge in [0.25, 0.3) is 0 Å². The smallest absolute Gasteiger partial charge is 0.234 e. The molecule has 1 heterocycles. The molecule has 1 aliphatic rings. The molecule has 0 radical (unpaired) electrons. The molecule has 94 valence electrons. The molecular weight excluding hydrogens is 208 g/mol. The molecule has 1 fully saturated rings. The summed E-state index contributed by atoms with van der Waals surface area (Å²) < 4.78 is 10.9. The van der Waals surface area contributed by atoms with E-state index in [0.29, 0.717) is 19.8 Å². The normalized spacial score (nSPS) is 21.8. The van der Waals surface area contributed by atoms with Crippen molar-refractivity contribution in [3.8, 4) is 0 Å². The van der Waals surface area contributed by atoms with Crippen LogP contribution in [0.4, 0.5) is 0 Å². The first-order valence-corrected chi connectivity index (χ1v) is 5.95. The van der Waals surface area contributed by atoms with Gasteiger partial charge in [-0.05, 0) is 33.2 Å². The van der Waals surface area contributed by atoms with E-state index in [1.165, 1.54) is 0 Å². The molecule has 0 aromatic carbocycles. The first-order chi connectivity index (χ1) is 7.69. The number of nitrogens with two attached hydrogens (primary N) is 1. The maximum absolute atomic E-state index is 11.2. The molecule has 5 nitrogen and oxygen atoms in total. The van der Waals surface area contributed by atoms with Gasteiger partial charge in [0.05, 0.1) is 12.6 Å². The predicted octanol–water partition coefficient (Wildman–Crippen LogP) is 0.335. The Balaban J connectivity index is 2.45. The van der Waals surface area contributed by atoms with Crippen molar-refractivity contribution in [3.05, 3.63) is 0 Å². The van der Waals surface area contributed by atoms with Crippen LogP contribution in [0.25, 0.3) is 0 Å². The summed E-state index contributed by atoms with van der Waals surface area (Å²) in [6.07, 6.45) is 1.61. The van der Waals surface area contributed by atoms with Crippen LogP contribution >= 0.6 is 0 Å². The van der Waals surface area contributed by atoms with Gasteiger partial charge in [0.2, 0.25) is 5.91 Å². The number of rotatable bonds is 7. The van der Waals surface area contributed by atoms with Crippen LogP contribution in [-0.4, -0.2) is 49.4 Å². The lowest BCUT2D eigenvalue weighted by molar-refractivity contribution is -0.150. The van der Waals surface area contributed by atoms with Gasteiger partial charge < -0.3 is 15.2 Å². The molecule has 1 atom stereocenters. The molecule has 1 unspecified atom stereocenters. The average molecular weight is 230 g/mol. The number of ether oxygens (including phenoxy) is 2. The number of hydrogen-bond acceptors (Lipinski definition) is 4. The standard InChI is InChI=1S/C11H22N2O3/c1-3-15-10(16-4-2)8-13-7-5-6-9(13)11(12)14/h9-10H,3-8H2,1-2H3,(H2,12,14). The minimum atomic E-state index is -0.255. The predicted molar refractivity (Wildman–Crippen MR) is 60.8 cm³/mol. The molecule has 5 heteroatoms. The fraction of sp³-hybridized carbons (Fsp3) is 0.909. The van der Waals surface area contributed by atoms with E-state index in [2.05, 4.69) is 4.90 Å². The average Bonchev–Trinajstić information content (AvgIpc) is 2.66. The highest BCUT2D eigenvalue weighted by atomic mass is 16.7. The monoisotopic (exact) mass is 230 g/mol. The summed E-state index contributed by atoms with van der Waals surface area (Å²) in [5.41, 5.74) is 5.35. The third-order valence-electron chi connectivity index (χ3n) is 2.78. The second-order valence-corrected chi connectivity index (χ2v) is 3.90. The van der Waals surface area contributed by atoms with Crippen molar-refractivity contribution >= 4 is 5.91 Å². The Morgan fingerprint density at radius 1 is 1.44 bits per heavy atom. The van der Waals surface area contributed by atoms with Crippen LogP contribution < -0.4 is 5.73 Å². The number of primary amides is 1. The van der Waals surface area contributed by atoms with Gasteiger partial charge in [-0.1, -0.05) is 0 Å². The number of carbonyl (C=O) groups is 1. The molecule has 0 spiro atoms. The second kappa shape index (κ2) is 6.83. The summed E-state index contributed by atoms with van der Waals surface area (Å²) in [6.45, 7) is 6.60. The summed E-state index contributed by atoms with van der Waals surface area (Å²) in [4.78, 5) is 13.3. The van der Waals surface area contributed by atoms with Gasteiger partial charge in [0.1, 0.15) is 0 Å². The molecule has 0 bridgehead atoms. The van der Waals surface area contributed by atoms with E-state index in [1.54, 1.807) is 0 Å². The van der Waals surface area contributed by atoms with Crippen molar-refractivity contribution in [1.29, 1.82) is 0 Å². The Kier molecular flexibility index (Phi) is 5.73. The number of nitrogens with zero attached hydrogens (tertiary/aromatic N) is 1. The molecule has 1 saturated heterocycles. The van der Waals surface area contributed by atoms with Crippen LogP contribution in [0.5, 0.6) is 0 Å². The van der Waals surface area contributed by atoms with E-state index in [9.17, 15) is 4.79 Å². The molecule has 16 heavy (non-hydrogen) atoms. The van der Waals surface area contributed by atoms with Crippen LogP contribution in [0.2, 0.25) is 0 Å². The van der Waals surface area contributed by atoms with Crippen LogP contribution in [0.3, 0.4) is 0 Å². The zero-order valence-corrected chi connectivity index (χ0v) is 10.1. The maximum Gasteiger partial charge on any atom is 0.234 e. The Hall–Kier alpha value is -0.650. The van der Waals surface area contributed by atoms with Gasteiger partial charge in [-0.2, -0.15) is 0 Å². The van der Waals surface area contributed by atoms with Gasteiger partial charge in [0.15, 0.2) is 6.29 Å². The molecule has 1 rings (SSSR count). The first kappa shape index (κ1) is 13.4. The van der Waals surface area contributed by atoms with Crippen molar-refractivity contribution < 1.29 is 14.3 Å². The number of carbonyl (C=O) groups excluding carboxylic acids is 1. The van der Waals surface area contributed by atoms with Crippen LogP contribution in [0, 0.1) is 0 Å². The van der Waals surface area contributed by atoms with Gasteiger partial charge in [-0.25, -0.2) is 0 Å². The molecule has 1 amide bonds. The zero-order valence-electron chi connectivity index (χ0n) is 10.1. The lowest BCUT2D eigenvalue weighted by Gasteiger charge is -2.26. The minimum absolute atomic E-state index is 0.150. The second-order valence-electron chi connectivity index (χ2n) is 3.90. The Morgan fingerprint density at radius 3 is 2.56 bits per heavy atom. The topological polar surface area (TPSA) is 64.8 Å². The molecule has 0 aromatic heterocycles. The Bertz CT molecular complexity index is 217. The van der Waals surface area contributed by atoms with Crippen molar-refractivity contribution in [2.45, 2.75) is 39.0 Å². The van der Waals surface area contributed by atoms with Gasteiger partial charge in [0, 0.05) is 13.2 Å². The molecule has 1 aliphatic heterocycles. The summed E-state index contributed by atoms with van der Waals surface area (Å²) in [7, 11) is 0. The van der Waals surface area contributed by atoms with Gasteiger partial charge in [-0.15, -0.1) is 0 Å². The van der Waals surface area contributed by atoms with Gasteiger partial charge >= 0.3 is 0 Å². The molecular formula is C11H22N2O3. The third kappa shape index (κ3) is 3.73.